The third kappa shape index (κ3) is 7.23. The first-order valence-corrected chi connectivity index (χ1v) is 7.93. The zero-order chi connectivity index (χ0) is 17.3. The molecule has 0 fully saturated rings. The molecule has 0 bridgehead atoms. The van der Waals surface area contributed by atoms with Crippen LogP contribution in [0, 0.1) is 0 Å². The highest BCUT2D eigenvalue weighted by atomic mass is 16.5. The van der Waals surface area contributed by atoms with Gasteiger partial charge in [0.25, 0.3) is 0 Å². The number of guanidine groups is 1. The van der Waals surface area contributed by atoms with E-state index in [9.17, 15) is 0 Å². The van der Waals surface area contributed by atoms with Crippen molar-refractivity contribution in [3.8, 4) is 11.5 Å². The Kier molecular flexibility index (Phi) is 7.68. The monoisotopic (exact) mass is 322 g/mol. The molecule has 1 aromatic rings. The molecular weight excluding hydrogens is 292 g/mol. The summed E-state index contributed by atoms with van der Waals surface area (Å²) >= 11 is 0. The zero-order valence-corrected chi connectivity index (χ0v) is 15.1. The van der Waals surface area contributed by atoms with Crippen molar-refractivity contribution in [2.24, 2.45) is 4.99 Å². The van der Waals surface area contributed by atoms with Crippen LogP contribution in [-0.4, -0.2) is 45.4 Å². The SMILES string of the molecule is CCOc1cc(NC(=NC)NCCNC(C)(C)C)ccc1OC. The lowest BCUT2D eigenvalue weighted by molar-refractivity contribution is 0.311. The average molecular weight is 322 g/mol. The molecule has 0 saturated heterocycles. The van der Waals surface area contributed by atoms with Gasteiger partial charge in [0.1, 0.15) is 0 Å². The quantitative estimate of drug-likeness (QED) is 0.409. The van der Waals surface area contributed by atoms with Gasteiger partial charge in [-0.15, -0.1) is 0 Å². The number of aliphatic imine (C=N–C) groups is 1. The molecular formula is C17H30N4O2. The zero-order valence-electron chi connectivity index (χ0n) is 15.1. The van der Waals surface area contributed by atoms with Crippen LogP contribution in [0.25, 0.3) is 0 Å². The number of hydrogen-bond acceptors (Lipinski definition) is 4. The highest BCUT2D eigenvalue weighted by Crippen LogP contribution is 2.30. The van der Waals surface area contributed by atoms with Gasteiger partial charge in [0.2, 0.25) is 0 Å². The number of benzene rings is 1. The van der Waals surface area contributed by atoms with Gasteiger partial charge in [-0.25, -0.2) is 0 Å². The second-order valence-corrected chi connectivity index (χ2v) is 6.10. The molecule has 0 aliphatic rings. The summed E-state index contributed by atoms with van der Waals surface area (Å²) in [6.45, 7) is 10.6. The average Bonchev–Trinajstić information content (AvgIpc) is 2.50. The van der Waals surface area contributed by atoms with Gasteiger partial charge in [-0.05, 0) is 39.8 Å². The lowest BCUT2D eigenvalue weighted by atomic mass is 10.1. The highest BCUT2D eigenvalue weighted by molar-refractivity contribution is 5.93. The molecule has 0 unspecified atom stereocenters. The van der Waals surface area contributed by atoms with E-state index in [1.165, 1.54) is 0 Å². The molecule has 6 nitrogen and oxygen atoms in total. The molecule has 0 aromatic heterocycles. The lowest BCUT2D eigenvalue weighted by Crippen LogP contribution is -2.42. The smallest absolute Gasteiger partial charge is 0.195 e. The fourth-order valence-electron chi connectivity index (χ4n) is 1.96. The van der Waals surface area contributed by atoms with Crippen molar-refractivity contribution < 1.29 is 9.47 Å². The Labute approximate surface area is 139 Å². The molecule has 0 radical (unpaired) electrons. The van der Waals surface area contributed by atoms with E-state index in [0.717, 1.165) is 24.5 Å². The summed E-state index contributed by atoms with van der Waals surface area (Å²) in [5, 5.41) is 9.95. The maximum atomic E-state index is 5.58. The van der Waals surface area contributed by atoms with Gasteiger partial charge < -0.3 is 25.4 Å². The highest BCUT2D eigenvalue weighted by Gasteiger charge is 2.09. The molecule has 0 aliphatic heterocycles. The second kappa shape index (κ2) is 9.25. The van der Waals surface area contributed by atoms with E-state index in [4.69, 9.17) is 9.47 Å². The summed E-state index contributed by atoms with van der Waals surface area (Å²) < 4.78 is 10.9. The van der Waals surface area contributed by atoms with Crippen molar-refractivity contribution >= 4 is 11.6 Å². The topological polar surface area (TPSA) is 66.9 Å². The first-order chi connectivity index (χ1) is 10.9. The van der Waals surface area contributed by atoms with Crippen molar-refractivity contribution in [2.75, 3.05) is 39.2 Å². The Bertz CT molecular complexity index is 510. The van der Waals surface area contributed by atoms with E-state index in [2.05, 4.69) is 41.7 Å². The largest absolute Gasteiger partial charge is 0.493 e. The van der Waals surface area contributed by atoms with Crippen LogP contribution in [0.4, 0.5) is 5.69 Å². The molecule has 1 rings (SSSR count). The molecule has 6 heteroatoms. The van der Waals surface area contributed by atoms with Gasteiger partial charge >= 0.3 is 0 Å². The Morgan fingerprint density at radius 1 is 1.17 bits per heavy atom. The summed E-state index contributed by atoms with van der Waals surface area (Å²) in [6, 6.07) is 5.71. The van der Waals surface area contributed by atoms with Gasteiger partial charge in [0.05, 0.1) is 13.7 Å². The van der Waals surface area contributed by atoms with Crippen LogP contribution in [0.2, 0.25) is 0 Å². The fraction of sp³-hybridized carbons (Fsp3) is 0.588. The van der Waals surface area contributed by atoms with E-state index in [-0.39, 0.29) is 5.54 Å². The third-order valence-corrected chi connectivity index (χ3v) is 3.02. The number of rotatable bonds is 7. The van der Waals surface area contributed by atoms with Crippen LogP contribution in [-0.2, 0) is 0 Å². The van der Waals surface area contributed by atoms with Gasteiger partial charge in [0.15, 0.2) is 17.5 Å². The summed E-state index contributed by atoms with van der Waals surface area (Å²) in [5.41, 5.74) is 1.01. The van der Waals surface area contributed by atoms with Crippen LogP contribution in [0.15, 0.2) is 23.2 Å². The number of methoxy groups -OCH3 is 1. The van der Waals surface area contributed by atoms with E-state index in [1.807, 2.05) is 25.1 Å². The molecule has 0 saturated carbocycles. The first-order valence-electron chi connectivity index (χ1n) is 7.93. The predicted molar refractivity (Wildman–Crippen MR) is 96.9 cm³/mol. The number of nitrogens with one attached hydrogen (secondary N) is 3. The molecule has 130 valence electrons. The minimum Gasteiger partial charge on any atom is -0.493 e. The van der Waals surface area contributed by atoms with E-state index >= 15 is 0 Å². The number of nitrogens with zero attached hydrogens (tertiary/aromatic N) is 1. The van der Waals surface area contributed by atoms with E-state index < -0.39 is 0 Å². The van der Waals surface area contributed by atoms with Crippen LogP contribution in [0.5, 0.6) is 11.5 Å². The summed E-state index contributed by atoms with van der Waals surface area (Å²) in [7, 11) is 3.38. The Morgan fingerprint density at radius 2 is 1.91 bits per heavy atom. The molecule has 0 amide bonds. The molecule has 0 atom stereocenters. The maximum Gasteiger partial charge on any atom is 0.195 e. The molecule has 23 heavy (non-hydrogen) atoms. The summed E-state index contributed by atoms with van der Waals surface area (Å²) in [6.07, 6.45) is 0. The minimum atomic E-state index is 0.112. The van der Waals surface area contributed by atoms with E-state index in [0.29, 0.717) is 18.3 Å². The molecule has 0 aliphatic carbocycles. The van der Waals surface area contributed by atoms with Gasteiger partial charge in [0, 0.05) is 37.4 Å². The normalized spacial score (nSPS) is 12.0. The number of anilines is 1. The summed E-state index contributed by atoms with van der Waals surface area (Å²) in [5.74, 6) is 2.15. The number of ether oxygens (including phenoxy) is 2. The van der Waals surface area contributed by atoms with Gasteiger partial charge in [-0.3, -0.25) is 4.99 Å². The standard InChI is InChI=1S/C17H30N4O2/c1-7-23-15-12-13(8-9-14(15)22-6)21-16(18-5)19-10-11-20-17(2,3)4/h8-9,12,20H,7,10-11H2,1-6H3,(H2,18,19,21). The van der Waals surface area contributed by atoms with Crippen molar-refractivity contribution in [1.82, 2.24) is 10.6 Å². The predicted octanol–water partition coefficient (Wildman–Crippen LogP) is 2.47. The van der Waals surface area contributed by atoms with Gasteiger partial charge in [-0.2, -0.15) is 0 Å². The Hall–Kier alpha value is -1.95. The van der Waals surface area contributed by atoms with E-state index in [1.54, 1.807) is 14.2 Å². The van der Waals surface area contributed by atoms with Crippen LogP contribution in [0.3, 0.4) is 0 Å². The molecule has 1 aromatic carbocycles. The molecule has 3 N–H and O–H groups in total. The minimum absolute atomic E-state index is 0.112. The van der Waals surface area contributed by atoms with Crippen LogP contribution < -0.4 is 25.4 Å². The van der Waals surface area contributed by atoms with Gasteiger partial charge in [-0.1, -0.05) is 0 Å². The third-order valence-electron chi connectivity index (χ3n) is 3.02. The Morgan fingerprint density at radius 3 is 2.48 bits per heavy atom. The van der Waals surface area contributed by atoms with Crippen molar-refractivity contribution in [1.29, 1.82) is 0 Å². The van der Waals surface area contributed by atoms with Crippen LogP contribution in [0.1, 0.15) is 27.7 Å². The van der Waals surface area contributed by atoms with Crippen molar-refractivity contribution in [2.45, 2.75) is 33.2 Å². The fourth-order valence-corrected chi connectivity index (χ4v) is 1.96. The number of hydrogen-bond donors (Lipinski definition) is 3. The maximum absolute atomic E-state index is 5.58. The lowest BCUT2D eigenvalue weighted by Gasteiger charge is -2.21. The first kappa shape index (κ1) is 19.1. The Balaban J connectivity index is 2.60. The summed E-state index contributed by atoms with van der Waals surface area (Å²) in [4.78, 5) is 4.23. The van der Waals surface area contributed by atoms with Crippen LogP contribution >= 0.6 is 0 Å². The second-order valence-electron chi connectivity index (χ2n) is 6.10. The molecule has 0 spiro atoms. The van der Waals surface area contributed by atoms with Crippen molar-refractivity contribution in [3.63, 3.8) is 0 Å². The molecule has 0 heterocycles. The van der Waals surface area contributed by atoms with Crippen molar-refractivity contribution in [3.05, 3.63) is 18.2 Å².